The lowest BCUT2D eigenvalue weighted by molar-refractivity contribution is -0.325. The fourth-order valence-corrected chi connectivity index (χ4v) is 14.7. The molecule has 2 aliphatic carbocycles. The molecule has 0 amide bonds. The van der Waals surface area contributed by atoms with Gasteiger partial charge in [-0.05, 0) is 87.2 Å². The van der Waals surface area contributed by atoms with E-state index >= 15 is 4.79 Å². The molecule has 4 rings (SSSR count). The molecular weight excluding hydrogens is 693 g/mol. The average Bonchev–Trinajstić information content (AvgIpc) is 3.13. The smallest absolute Gasteiger partial charge is 0.338 e. The van der Waals surface area contributed by atoms with Crippen LogP contribution in [0.2, 0.25) is 36.3 Å². The van der Waals surface area contributed by atoms with Crippen molar-refractivity contribution in [1.29, 1.82) is 0 Å². The van der Waals surface area contributed by atoms with Crippen molar-refractivity contribution in [3.05, 3.63) is 58.7 Å². The Morgan fingerprint density at radius 2 is 1.42 bits per heavy atom. The number of ether oxygens (including phenoxy) is 3. The van der Waals surface area contributed by atoms with E-state index in [0.29, 0.717) is 0 Å². The van der Waals surface area contributed by atoms with Gasteiger partial charge in [0.2, 0.25) is 0 Å². The summed E-state index contributed by atoms with van der Waals surface area (Å²) in [5, 5.41) is 0. The Bertz CT molecular complexity index is 1530. The van der Waals surface area contributed by atoms with E-state index in [-0.39, 0.29) is 36.6 Å². The molecule has 3 aliphatic rings. The number of esters is 2. The van der Waals surface area contributed by atoms with E-state index in [9.17, 15) is 14.4 Å². The second-order valence-electron chi connectivity index (χ2n) is 15.5. The zero-order valence-electron chi connectivity index (χ0n) is 33.4. The Labute approximate surface area is 313 Å². The molecule has 52 heavy (non-hydrogen) atoms. The predicted octanol–water partition coefficient (Wildman–Crippen LogP) is 8.54. The monoisotopic (exact) mass is 754 g/mol. The molecule has 1 saturated heterocycles. The third-order valence-corrected chi connectivity index (χ3v) is 22.0. The van der Waals surface area contributed by atoms with Gasteiger partial charge in [-0.3, -0.25) is 14.4 Å². The number of fused-ring (bicyclic) bond motifs is 3. The highest BCUT2D eigenvalue weighted by molar-refractivity contribution is 6.74. The summed E-state index contributed by atoms with van der Waals surface area (Å²) >= 11 is 0. The van der Waals surface area contributed by atoms with Gasteiger partial charge >= 0.3 is 11.9 Å². The van der Waals surface area contributed by atoms with Gasteiger partial charge in [0.15, 0.2) is 39.9 Å². The number of carbonyl (C=O) groups excluding carboxylic acids is 4. The minimum atomic E-state index is -2.45. The molecule has 4 unspecified atom stereocenters. The first-order chi connectivity index (χ1) is 24.6. The van der Waals surface area contributed by atoms with Crippen LogP contribution < -0.4 is 0 Å². The minimum absolute atomic E-state index is 0.0461. The van der Waals surface area contributed by atoms with Crippen LogP contribution in [0, 0.1) is 11.3 Å². The Balaban J connectivity index is 2.12. The van der Waals surface area contributed by atoms with Crippen LogP contribution in [-0.4, -0.2) is 76.8 Å². The van der Waals surface area contributed by atoms with Gasteiger partial charge < -0.3 is 23.1 Å². The molecule has 1 saturated carbocycles. The van der Waals surface area contributed by atoms with E-state index in [1.54, 1.807) is 30.3 Å². The lowest BCUT2D eigenvalue weighted by Crippen LogP contribution is -2.79. The van der Waals surface area contributed by atoms with Crippen LogP contribution in [-0.2, 0) is 37.4 Å². The number of allylic oxidation sites excluding steroid dienone is 2. The first-order valence-electron chi connectivity index (χ1n) is 19.4. The molecule has 1 heterocycles. The summed E-state index contributed by atoms with van der Waals surface area (Å²) < 4.78 is 33.5. The molecule has 1 aromatic rings. The third kappa shape index (κ3) is 7.62. The number of carbonyl (C=O) groups is 4. The van der Waals surface area contributed by atoms with Gasteiger partial charge in [0, 0.05) is 19.8 Å². The van der Waals surface area contributed by atoms with Gasteiger partial charge in [0.25, 0.3) is 0 Å². The largest absolute Gasteiger partial charge is 0.453 e. The normalized spacial score (nSPS) is 30.6. The standard InChI is InChI=1S/C41H62O9Si2/c1-12-51(13-2,14-3)49-32-25-33-41(26-46-33,48-29(10)42)37-35(47-39(45)30-21-19-18-20-22-30)31(43)24-23-28(9)34(27(7)8)36(38(44)40(32,37)11)50-52(15-4,16-5)17-6/h18-23,32-33,35-37H,12-17,24-26H2,1-11H3/b28-23-/t32-,33?,35?,36?,37?,40+,41-/m0/s1. The summed E-state index contributed by atoms with van der Waals surface area (Å²) in [7, 11) is -4.87. The molecule has 288 valence electrons. The molecule has 9 nitrogen and oxygen atoms in total. The summed E-state index contributed by atoms with van der Waals surface area (Å²) in [6, 6.07) is 13.5. The van der Waals surface area contributed by atoms with Crippen molar-refractivity contribution in [3.8, 4) is 0 Å². The highest BCUT2D eigenvalue weighted by Gasteiger charge is 2.74. The Morgan fingerprint density at radius 3 is 1.90 bits per heavy atom. The molecule has 0 bridgehead atoms. The maximum absolute atomic E-state index is 16.2. The number of Topliss-reactive ketones (excluding diaryl/α,β-unsaturated/α-hetero) is 2. The summed E-state index contributed by atoms with van der Waals surface area (Å²) in [6.07, 6.45) is -1.80. The first-order valence-corrected chi connectivity index (χ1v) is 24.5. The van der Waals surface area contributed by atoms with Crippen LogP contribution in [0.1, 0.15) is 99.4 Å². The molecule has 0 N–H and O–H groups in total. The number of hydrogen-bond donors (Lipinski definition) is 0. The SMILES string of the molecule is CC[Si](CC)(CC)OC1C(=O)[C@@]2(C)C(C(OC(=O)c3ccccc3)C(=O)C/C=C(/C)C1=C(C)C)[C@]1(OC(C)=O)COC1C[C@@H]2O[Si](CC)(CC)CC. The maximum Gasteiger partial charge on any atom is 0.338 e. The molecular formula is C41H62O9Si2. The van der Waals surface area contributed by atoms with E-state index in [1.165, 1.54) is 6.92 Å². The molecule has 0 aromatic heterocycles. The van der Waals surface area contributed by atoms with Crippen LogP contribution in [0.15, 0.2) is 53.1 Å². The highest BCUT2D eigenvalue weighted by atomic mass is 28.4. The fourth-order valence-electron chi connectivity index (χ4n) is 9.05. The van der Waals surface area contributed by atoms with Crippen molar-refractivity contribution in [1.82, 2.24) is 0 Å². The topological polar surface area (TPSA) is 114 Å². The number of rotatable bonds is 13. The van der Waals surface area contributed by atoms with Gasteiger partial charge in [-0.25, -0.2) is 4.79 Å². The van der Waals surface area contributed by atoms with Crippen LogP contribution in [0.5, 0.6) is 0 Å². The number of hydrogen-bond acceptors (Lipinski definition) is 9. The molecule has 1 aromatic carbocycles. The molecule has 2 fully saturated rings. The fraction of sp³-hybridized carbons (Fsp3) is 0.659. The predicted molar refractivity (Wildman–Crippen MR) is 207 cm³/mol. The van der Waals surface area contributed by atoms with E-state index in [0.717, 1.165) is 53.0 Å². The summed E-state index contributed by atoms with van der Waals surface area (Å²) in [5.41, 5.74) is -0.202. The average molecular weight is 755 g/mol. The van der Waals surface area contributed by atoms with E-state index < -0.39 is 69.9 Å². The Hall–Kier alpha value is -2.71. The molecule has 0 spiro atoms. The quantitative estimate of drug-likeness (QED) is 0.144. The molecule has 7 atom stereocenters. The summed E-state index contributed by atoms with van der Waals surface area (Å²) in [5.74, 6) is -3.01. The van der Waals surface area contributed by atoms with Crippen molar-refractivity contribution < 1.29 is 42.2 Å². The Kier molecular flexibility index (Phi) is 13.5. The second-order valence-corrected chi connectivity index (χ2v) is 24.9. The van der Waals surface area contributed by atoms with Crippen molar-refractivity contribution in [3.63, 3.8) is 0 Å². The van der Waals surface area contributed by atoms with E-state index in [1.807, 2.05) is 33.8 Å². The number of benzene rings is 1. The van der Waals surface area contributed by atoms with Gasteiger partial charge in [-0.15, -0.1) is 0 Å². The maximum atomic E-state index is 16.2. The minimum Gasteiger partial charge on any atom is -0.453 e. The molecule has 0 radical (unpaired) electrons. The van der Waals surface area contributed by atoms with Crippen LogP contribution in [0.4, 0.5) is 0 Å². The lowest BCUT2D eigenvalue weighted by Gasteiger charge is -2.64. The van der Waals surface area contributed by atoms with Crippen molar-refractivity contribution in [2.24, 2.45) is 11.3 Å². The van der Waals surface area contributed by atoms with Crippen molar-refractivity contribution >= 4 is 40.1 Å². The van der Waals surface area contributed by atoms with Gasteiger partial charge in [-0.1, -0.05) is 71.4 Å². The second kappa shape index (κ2) is 16.8. The van der Waals surface area contributed by atoms with E-state index in [4.69, 9.17) is 23.1 Å². The zero-order chi connectivity index (χ0) is 38.6. The van der Waals surface area contributed by atoms with Crippen LogP contribution in [0.25, 0.3) is 0 Å². The first kappa shape index (κ1) is 42.0. The summed E-state index contributed by atoms with van der Waals surface area (Å²) in [4.78, 5) is 58.0. The van der Waals surface area contributed by atoms with Gasteiger partial charge in [0.05, 0.1) is 29.6 Å². The zero-order valence-corrected chi connectivity index (χ0v) is 35.4. The summed E-state index contributed by atoms with van der Waals surface area (Å²) in [6.45, 7) is 21.8. The van der Waals surface area contributed by atoms with Gasteiger partial charge in [-0.2, -0.15) is 0 Å². The van der Waals surface area contributed by atoms with Crippen molar-refractivity contribution in [2.75, 3.05) is 6.61 Å². The lowest BCUT2D eigenvalue weighted by atomic mass is 9.51. The van der Waals surface area contributed by atoms with E-state index in [2.05, 4.69) is 41.5 Å². The molecule has 1 aliphatic heterocycles. The number of ketones is 2. The van der Waals surface area contributed by atoms with Gasteiger partial charge in [0.1, 0.15) is 12.2 Å². The highest BCUT2D eigenvalue weighted by Crippen LogP contribution is 2.59. The van der Waals surface area contributed by atoms with Crippen LogP contribution >= 0.6 is 0 Å². The Morgan fingerprint density at radius 1 is 0.865 bits per heavy atom. The molecule has 11 heteroatoms. The third-order valence-electron chi connectivity index (χ3n) is 12.8. The van der Waals surface area contributed by atoms with Crippen molar-refractivity contribution in [2.45, 2.75) is 155 Å². The van der Waals surface area contributed by atoms with Crippen LogP contribution in [0.3, 0.4) is 0 Å².